The molecule has 0 fully saturated rings. The molecule has 0 atom stereocenters. The van der Waals surface area contributed by atoms with Crippen LogP contribution in [-0.2, 0) is 19.4 Å². The molecule has 0 saturated carbocycles. The fourth-order valence-electron chi connectivity index (χ4n) is 3.58. The SMILES string of the molecule is CCNC(=NCc1c(O)ccc2c1CCCC2)Nc1ccc(OC)c(OC)c1.I. The normalized spacial score (nSPS) is 13.1. The Bertz CT molecular complexity index is 855. The number of guanidine groups is 1. The van der Waals surface area contributed by atoms with Gasteiger partial charge < -0.3 is 25.2 Å². The summed E-state index contributed by atoms with van der Waals surface area (Å²) in [4.78, 5) is 4.71. The fraction of sp³-hybridized carbons (Fsp3) is 0.409. The molecular formula is C22H30IN3O3. The summed E-state index contributed by atoms with van der Waals surface area (Å²) in [5, 5.41) is 16.9. The molecule has 158 valence electrons. The predicted octanol–water partition coefficient (Wildman–Crippen LogP) is 4.48. The van der Waals surface area contributed by atoms with Crippen LogP contribution in [0.1, 0.15) is 36.5 Å². The number of aryl methyl sites for hydroxylation is 1. The Kier molecular flexibility index (Phi) is 8.88. The summed E-state index contributed by atoms with van der Waals surface area (Å²) in [5.74, 6) is 2.31. The Labute approximate surface area is 189 Å². The molecule has 1 aliphatic carbocycles. The highest BCUT2D eigenvalue weighted by Crippen LogP contribution is 2.32. The first-order valence-corrected chi connectivity index (χ1v) is 9.76. The average molecular weight is 511 g/mol. The summed E-state index contributed by atoms with van der Waals surface area (Å²) in [5.41, 5.74) is 4.38. The first kappa shape index (κ1) is 23.1. The number of methoxy groups -OCH3 is 2. The molecule has 1 aliphatic rings. The molecule has 0 unspecified atom stereocenters. The van der Waals surface area contributed by atoms with Crippen molar-refractivity contribution >= 4 is 35.6 Å². The Hall–Kier alpha value is -2.16. The zero-order valence-electron chi connectivity index (χ0n) is 17.2. The number of aromatic hydroxyl groups is 1. The minimum Gasteiger partial charge on any atom is -0.508 e. The number of phenolic OH excluding ortho intramolecular Hbond substituents is 1. The van der Waals surface area contributed by atoms with Gasteiger partial charge in [0.05, 0.1) is 20.8 Å². The summed E-state index contributed by atoms with van der Waals surface area (Å²) < 4.78 is 10.7. The number of rotatable bonds is 6. The molecule has 0 heterocycles. The van der Waals surface area contributed by atoms with Crippen LogP contribution in [0.3, 0.4) is 0 Å². The van der Waals surface area contributed by atoms with E-state index in [0.717, 1.165) is 37.1 Å². The van der Waals surface area contributed by atoms with Gasteiger partial charge in [0, 0.05) is 23.9 Å². The lowest BCUT2D eigenvalue weighted by Crippen LogP contribution is -2.30. The van der Waals surface area contributed by atoms with Gasteiger partial charge in [-0.2, -0.15) is 0 Å². The van der Waals surface area contributed by atoms with Crippen LogP contribution < -0.4 is 20.1 Å². The minimum atomic E-state index is 0. The third-order valence-electron chi connectivity index (χ3n) is 5.01. The van der Waals surface area contributed by atoms with Crippen molar-refractivity contribution in [1.82, 2.24) is 5.32 Å². The van der Waals surface area contributed by atoms with Crippen molar-refractivity contribution < 1.29 is 14.6 Å². The highest BCUT2D eigenvalue weighted by molar-refractivity contribution is 14.0. The van der Waals surface area contributed by atoms with Gasteiger partial charge in [0.15, 0.2) is 17.5 Å². The number of hydrogen-bond acceptors (Lipinski definition) is 4. The molecule has 0 saturated heterocycles. The summed E-state index contributed by atoms with van der Waals surface area (Å²) in [6, 6.07) is 9.47. The van der Waals surface area contributed by atoms with E-state index < -0.39 is 0 Å². The average Bonchev–Trinajstić information content (AvgIpc) is 2.73. The van der Waals surface area contributed by atoms with Gasteiger partial charge in [0.1, 0.15) is 5.75 Å². The number of fused-ring (bicyclic) bond motifs is 1. The van der Waals surface area contributed by atoms with Crippen LogP contribution in [0.2, 0.25) is 0 Å². The topological polar surface area (TPSA) is 75.1 Å². The van der Waals surface area contributed by atoms with Gasteiger partial charge in [-0.25, -0.2) is 4.99 Å². The van der Waals surface area contributed by atoms with E-state index >= 15 is 0 Å². The van der Waals surface area contributed by atoms with Crippen LogP contribution >= 0.6 is 24.0 Å². The smallest absolute Gasteiger partial charge is 0.196 e. The minimum absolute atomic E-state index is 0. The zero-order valence-corrected chi connectivity index (χ0v) is 19.6. The third-order valence-corrected chi connectivity index (χ3v) is 5.01. The van der Waals surface area contributed by atoms with E-state index in [-0.39, 0.29) is 24.0 Å². The van der Waals surface area contributed by atoms with Crippen LogP contribution in [0.15, 0.2) is 35.3 Å². The predicted molar refractivity (Wildman–Crippen MR) is 128 cm³/mol. The summed E-state index contributed by atoms with van der Waals surface area (Å²) in [6.45, 7) is 3.18. The number of nitrogens with zero attached hydrogens (tertiary/aromatic N) is 1. The highest BCUT2D eigenvalue weighted by atomic mass is 127. The van der Waals surface area contributed by atoms with E-state index in [1.165, 1.54) is 17.5 Å². The molecule has 0 amide bonds. The van der Waals surface area contributed by atoms with Gasteiger partial charge >= 0.3 is 0 Å². The standard InChI is InChI=1S/C22H29N3O3.HI/c1-4-23-22(25-16-10-12-20(27-2)21(13-16)28-3)24-14-18-17-8-6-5-7-15(17)9-11-19(18)26;/h9-13,26H,4-8,14H2,1-3H3,(H2,23,24,25);1H. The van der Waals surface area contributed by atoms with E-state index in [2.05, 4.69) is 10.6 Å². The van der Waals surface area contributed by atoms with Crippen LogP contribution in [0.5, 0.6) is 17.2 Å². The molecule has 2 aromatic carbocycles. The lowest BCUT2D eigenvalue weighted by atomic mass is 9.88. The van der Waals surface area contributed by atoms with Crippen LogP contribution in [0.4, 0.5) is 5.69 Å². The van der Waals surface area contributed by atoms with E-state index in [4.69, 9.17) is 14.5 Å². The molecule has 0 bridgehead atoms. The number of aliphatic imine (C=N–C) groups is 1. The molecular weight excluding hydrogens is 481 g/mol. The first-order chi connectivity index (χ1) is 13.7. The summed E-state index contributed by atoms with van der Waals surface area (Å²) >= 11 is 0. The third kappa shape index (κ3) is 5.68. The number of benzene rings is 2. The lowest BCUT2D eigenvalue weighted by molar-refractivity contribution is 0.355. The van der Waals surface area contributed by atoms with E-state index in [1.807, 2.05) is 31.2 Å². The number of nitrogens with one attached hydrogen (secondary N) is 2. The maximum absolute atomic E-state index is 10.4. The highest BCUT2D eigenvalue weighted by Gasteiger charge is 2.16. The maximum Gasteiger partial charge on any atom is 0.196 e. The van der Waals surface area contributed by atoms with Gasteiger partial charge in [-0.3, -0.25) is 0 Å². The Morgan fingerprint density at radius 1 is 1.07 bits per heavy atom. The zero-order chi connectivity index (χ0) is 19.9. The van der Waals surface area contributed by atoms with Crippen molar-refractivity contribution in [3.8, 4) is 17.2 Å². The van der Waals surface area contributed by atoms with Crippen molar-refractivity contribution in [3.63, 3.8) is 0 Å². The Morgan fingerprint density at radius 3 is 2.55 bits per heavy atom. The Morgan fingerprint density at radius 2 is 1.83 bits per heavy atom. The molecule has 0 radical (unpaired) electrons. The van der Waals surface area contributed by atoms with Crippen molar-refractivity contribution in [2.24, 2.45) is 4.99 Å². The Balaban J connectivity index is 0.00000300. The summed E-state index contributed by atoms with van der Waals surface area (Å²) in [7, 11) is 3.23. The fourth-order valence-corrected chi connectivity index (χ4v) is 3.58. The second-order valence-corrected chi connectivity index (χ2v) is 6.80. The number of anilines is 1. The molecule has 6 nitrogen and oxygen atoms in total. The second kappa shape index (κ2) is 11.1. The van der Waals surface area contributed by atoms with E-state index in [1.54, 1.807) is 20.3 Å². The molecule has 3 rings (SSSR count). The second-order valence-electron chi connectivity index (χ2n) is 6.80. The van der Waals surface area contributed by atoms with Gasteiger partial charge in [-0.15, -0.1) is 24.0 Å². The number of hydrogen-bond donors (Lipinski definition) is 3. The molecule has 7 heteroatoms. The first-order valence-electron chi connectivity index (χ1n) is 9.76. The van der Waals surface area contributed by atoms with Gasteiger partial charge in [0.25, 0.3) is 0 Å². The number of ether oxygens (including phenoxy) is 2. The van der Waals surface area contributed by atoms with Crippen LogP contribution in [0, 0.1) is 0 Å². The van der Waals surface area contributed by atoms with Crippen molar-refractivity contribution in [2.45, 2.75) is 39.2 Å². The molecule has 29 heavy (non-hydrogen) atoms. The van der Waals surface area contributed by atoms with Gasteiger partial charge in [0.2, 0.25) is 0 Å². The monoisotopic (exact) mass is 511 g/mol. The molecule has 0 aliphatic heterocycles. The number of phenols is 1. The van der Waals surface area contributed by atoms with Crippen molar-refractivity contribution in [2.75, 3.05) is 26.1 Å². The largest absolute Gasteiger partial charge is 0.508 e. The van der Waals surface area contributed by atoms with Gasteiger partial charge in [-0.05, 0) is 61.9 Å². The van der Waals surface area contributed by atoms with Crippen molar-refractivity contribution in [1.29, 1.82) is 0 Å². The molecule has 2 aromatic rings. The maximum atomic E-state index is 10.4. The quantitative estimate of drug-likeness (QED) is 0.303. The van der Waals surface area contributed by atoms with Crippen LogP contribution in [-0.4, -0.2) is 31.8 Å². The summed E-state index contributed by atoms with van der Waals surface area (Å²) in [6.07, 6.45) is 4.46. The van der Waals surface area contributed by atoms with E-state index in [9.17, 15) is 5.11 Å². The van der Waals surface area contributed by atoms with Gasteiger partial charge in [-0.1, -0.05) is 6.07 Å². The molecule has 0 spiro atoms. The number of halogens is 1. The van der Waals surface area contributed by atoms with Crippen molar-refractivity contribution in [3.05, 3.63) is 47.0 Å². The van der Waals surface area contributed by atoms with Crippen LogP contribution in [0.25, 0.3) is 0 Å². The van der Waals surface area contributed by atoms with E-state index in [0.29, 0.717) is 29.8 Å². The molecule has 3 N–H and O–H groups in total. The lowest BCUT2D eigenvalue weighted by Gasteiger charge is -2.20. The molecule has 0 aromatic heterocycles.